The molecular weight excluding hydrogens is 355 g/mol. The molecule has 0 radical (unpaired) electrons. The quantitative estimate of drug-likeness (QED) is 0.791. The zero-order valence-corrected chi connectivity index (χ0v) is 16.9. The van der Waals surface area contributed by atoms with Crippen molar-refractivity contribution < 1.29 is 14.2 Å². The zero-order chi connectivity index (χ0) is 19.9. The van der Waals surface area contributed by atoms with Crippen LogP contribution in [0.15, 0.2) is 42.5 Å². The summed E-state index contributed by atoms with van der Waals surface area (Å²) in [4.78, 5) is 4.70. The molecule has 1 N–H and O–H groups in total. The van der Waals surface area contributed by atoms with Crippen molar-refractivity contribution in [3.8, 4) is 5.75 Å². The molecule has 2 aromatic carbocycles. The fraction of sp³-hybridized carbons (Fsp3) is 0.478. The number of hydrogen-bond donors (Lipinski definition) is 1. The number of β-amino-alcohol motifs (C(OH)–C–C–N with tert-alkyl or cyclic N) is 1. The molecule has 1 fully saturated rings. The number of aliphatic hydroxyl groups is 1. The Morgan fingerprint density at radius 2 is 1.61 bits per heavy atom. The van der Waals surface area contributed by atoms with Gasteiger partial charge in [-0.15, -0.1) is 0 Å². The highest BCUT2D eigenvalue weighted by Crippen LogP contribution is 2.16. The number of aryl methyl sites for hydroxylation is 2. The molecule has 5 heteroatoms. The molecule has 0 saturated carbocycles. The molecule has 1 saturated heterocycles. The van der Waals surface area contributed by atoms with Crippen LogP contribution in [0.1, 0.15) is 23.1 Å². The lowest BCUT2D eigenvalue weighted by atomic mass is 10.1. The Morgan fingerprint density at radius 1 is 0.964 bits per heavy atom. The second-order valence-corrected chi connectivity index (χ2v) is 7.85. The van der Waals surface area contributed by atoms with Crippen LogP contribution in [0.25, 0.3) is 0 Å². The van der Waals surface area contributed by atoms with E-state index in [2.05, 4.69) is 15.9 Å². The molecule has 1 heterocycles. The minimum Gasteiger partial charge on any atom is -0.491 e. The molecule has 152 valence electrons. The Morgan fingerprint density at radius 3 is 2.32 bits per heavy atom. The van der Waals surface area contributed by atoms with Crippen molar-refractivity contribution in [2.75, 3.05) is 39.3 Å². The maximum Gasteiger partial charge on any atom is 0.123 e. The van der Waals surface area contributed by atoms with Gasteiger partial charge in [-0.3, -0.25) is 9.80 Å². The second kappa shape index (κ2) is 10.0. The van der Waals surface area contributed by atoms with Crippen molar-refractivity contribution in [3.05, 3.63) is 65.0 Å². The summed E-state index contributed by atoms with van der Waals surface area (Å²) in [7, 11) is 0. The summed E-state index contributed by atoms with van der Waals surface area (Å²) in [5, 5.41) is 10.4. The van der Waals surface area contributed by atoms with Crippen LogP contribution in [0.2, 0.25) is 0 Å². The van der Waals surface area contributed by atoms with E-state index in [-0.39, 0.29) is 5.82 Å². The van der Waals surface area contributed by atoms with Crippen LogP contribution in [-0.2, 0) is 6.54 Å². The van der Waals surface area contributed by atoms with E-state index in [0.29, 0.717) is 13.2 Å². The largest absolute Gasteiger partial charge is 0.491 e. The van der Waals surface area contributed by atoms with Crippen LogP contribution >= 0.6 is 0 Å². The Labute approximate surface area is 167 Å². The van der Waals surface area contributed by atoms with Crippen molar-refractivity contribution >= 4 is 0 Å². The van der Waals surface area contributed by atoms with Crippen LogP contribution in [0, 0.1) is 19.7 Å². The molecule has 0 bridgehead atoms. The van der Waals surface area contributed by atoms with Gasteiger partial charge in [0.05, 0.1) is 0 Å². The zero-order valence-electron chi connectivity index (χ0n) is 16.9. The number of halogens is 1. The summed E-state index contributed by atoms with van der Waals surface area (Å²) in [6, 6.07) is 12.9. The minimum atomic E-state index is -0.510. The number of rotatable bonds is 7. The summed E-state index contributed by atoms with van der Waals surface area (Å²) >= 11 is 0. The van der Waals surface area contributed by atoms with Crippen molar-refractivity contribution in [2.24, 2.45) is 0 Å². The molecule has 0 aromatic heterocycles. The second-order valence-electron chi connectivity index (χ2n) is 7.85. The molecule has 3 rings (SSSR count). The SMILES string of the molecule is Cc1cc(C)cc(OCC(O)CN2CCCN(Cc3ccc(F)cc3)CC2)c1. The van der Waals surface area contributed by atoms with Gasteiger partial charge in [0.2, 0.25) is 0 Å². The third-order valence-corrected chi connectivity index (χ3v) is 5.11. The highest BCUT2D eigenvalue weighted by Gasteiger charge is 2.18. The average Bonchev–Trinajstić information content (AvgIpc) is 2.86. The Balaban J connectivity index is 1.42. The molecular formula is C23H31FN2O2. The third-order valence-electron chi connectivity index (χ3n) is 5.11. The van der Waals surface area contributed by atoms with Gasteiger partial charge in [-0.25, -0.2) is 4.39 Å². The maximum atomic E-state index is 13.1. The Hall–Kier alpha value is -1.95. The van der Waals surface area contributed by atoms with Crippen LogP contribution in [0.3, 0.4) is 0 Å². The van der Waals surface area contributed by atoms with Gasteiger partial charge in [-0.1, -0.05) is 18.2 Å². The fourth-order valence-corrected chi connectivity index (χ4v) is 3.77. The predicted molar refractivity (Wildman–Crippen MR) is 110 cm³/mol. The van der Waals surface area contributed by atoms with Gasteiger partial charge in [0.15, 0.2) is 0 Å². The first-order valence-electron chi connectivity index (χ1n) is 10.1. The summed E-state index contributed by atoms with van der Waals surface area (Å²) in [6.07, 6.45) is 0.552. The standard InChI is InChI=1S/C23H31FN2O2/c1-18-12-19(2)14-23(13-18)28-17-22(27)16-26-9-3-8-25(10-11-26)15-20-4-6-21(24)7-5-20/h4-7,12-14,22,27H,3,8-11,15-17H2,1-2H3. The minimum absolute atomic E-state index is 0.192. The lowest BCUT2D eigenvalue weighted by Crippen LogP contribution is -2.38. The molecule has 1 aliphatic heterocycles. The van der Waals surface area contributed by atoms with E-state index in [9.17, 15) is 9.50 Å². The lowest BCUT2D eigenvalue weighted by molar-refractivity contribution is 0.0692. The van der Waals surface area contributed by atoms with Crippen molar-refractivity contribution in [1.29, 1.82) is 0 Å². The van der Waals surface area contributed by atoms with Crippen molar-refractivity contribution in [1.82, 2.24) is 9.80 Å². The average molecular weight is 387 g/mol. The molecule has 0 amide bonds. The highest BCUT2D eigenvalue weighted by atomic mass is 19.1. The van der Waals surface area contributed by atoms with Crippen LogP contribution in [-0.4, -0.2) is 60.3 Å². The van der Waals surface area contributed by atoms with Crippen LogP contribution in [0.4, 0.5) is 4.39 Å². The van der Waals surface area contributed by atoms with Crippen LogP contribution in [0.5, 0.6) is 5.75 Å². The third kappa shape index (κ3) is 6.59. The molecule has 0 aliphatic carbocycles. The normalized spacial score (nSPS) is 17.3. The number of hydrogen-bond acceptors (Lipinski definition) is 4. The van der Waals surface area contributed by atoms with Gasteiger partial charge in [0.25, 0.3) is 0 Å². The molecule has 2 aromatic rings. The van der Waals surface area contributed by atoms with Gasteiger partial charge >= 0.3 is 0 Å². The van der Waals surface area contributed by atoms with Crippen molar-refractivity contribution in [2.45, 2.75) is 32.9 Å². The van der Waals surface area contributed by atoms with Gasteiger partial charge in [-0.05, 0) is 74.3 Å². The molecule has 1 aliphatic rings. The smallest absolute Gasteiger partial charge is 0.123 e. The maximum absolute atomic E-state index is 13.1. The summed E-state index contributed by atoms with van der Waals surface area (Å²) in [5.41, 5.74) is 3.47. The Bertz CT molecular complexity index is 731. The van der Waals surface area contributed by atoms with Gasteiger partial charge < -0.3 is 9.84 Å². The van der Waals surface area contributed by atoms with E-state index in [1.807, 2.05) is 38.1 Å². The molecule has 1 atom stereocenters. The summed E-state index contributed by atoms with van der Waals surface area (Å²) in [6.45, 7) is 9.71. The molecule has 4 nitrogen and oxygen atoms in total. The van der Waals surface area contributed by atoms with E-state index in [1.54, 1.807) is 0 Å². The van der Waals surface area contributed by atoms with Gasteiger partial charge in [0, 0.05) is 26.2 Å². The molecule has 28 heavy (non-hydrogen) atoms. The fourth-order valence-electron chi connectivity index (χ4n) is 3.77. The Kier molecular flexibility index (Phi) is 7.43. The topological polar surface area (TPSA) is 35.9 Å². The number of nitrogens with zero attached hydrogens (tertiary/aromatic N) is 2. The van der Waals surface area contributed by atoms with Gasteiger partial charge in [-0.2, -0.15) is 0 Å². The highest BCUT2D eigenvalue weighted by molar-refractivity contribution is 5.33. The lowest BCUT2D eigenvalue weighted by Gasteiger charge is -2.24. The van der Waals surface area contributed by atoms with Crippen LogP contribution < -0.4 is 4.74 Å². The monoisotopic (exact) mass is 386 g/mol. The predicted octanol–water partition coefficient (Wildman–Crippen LogP) is 3.39. The summed E-state index contributed by atoms with van der Waals surface area (Å²) in [5.74, 6) is 0.626. The van der Waals surface area contributed by atoms with Crippen molar-refractivity contribution in [3.63, 3.8) is 0 Å². The first-order valence-corrected chi connectivity index (χ1v) is 10.1. The molecule has 0 spiro atoms. The van der Waals surface area contributed by atoms with E-state index in [0.717, 1.165) is 50.5 Å². The van der Waals surface area contributed by atoms with E-state index in [1.165, 1.54) is 23.3 Å². The first kappa shape index (κ1) is 20.8. The van der Waals surface area contributed by atoms with Gasteiger partial charge in [0.1, 0.15) is 24.3 Å². The first-order chi connectivity index (χ1) is 13.5. The number of aliphatic hydroxyl groups excluding tert-OH is 1. The number of benzene rings is 2. The number of ether oxygens (including phenoxy) is 1. The van der Waals surface area contributed by atoms with E-state index in [4.69, 9.17) is 4.74 Å². The molecule has 1 unspecified atom stereocenters. The van der Waals surface area contributed by atoms with E-state index < -0.39 is 6.10 Å². The van der Waals surface area contributed by atoms with E-state index >= 15 is 0 Å². The summed E-state index contributed by atoms with van der Waals surface area (Å²) < 4.78 is 18.9.